The fourth-order valence-corrected chi connectivity index (χ4v) is 1.48. The number of aromatic hydroxyl groups is 1. The standard InChI is InChI=1S/C11H13N5O2/c1-16-7-14-15-9(16)4-6-13-11(18)10-8(17)3-2-5-12-10/h2-3,5,7,17H,4,6H2,1H3,(H,13,18). The minimum absolute atomic E-state index is 0.0236. The van der Waals surface area contributed by atoms with Gasteiger partial charge in [-0.2, -0.15) is 0 Å². The summed E-state index contributed by atoms with van der Waals surface area (Å²) >= 11 is 0. The van der Waals surface area contributed by atoms with Gasteiger partial charge in [0.15, 0.2) is 5.69 Å². The Labute approximate surface area is 104 Å². The smallest absolute Gasteiger partial charge is 0.273 e. The molecule has 2 aromatic heterocycles. The van der Waals surface area contributed by atoms with Gasteiger partial charge in [0.25, 0.3) is 5.91 Å². The highest BCUT2D eigenvalue weighted by Crippen LogP contribution is 2.11. The van der Waals surface area contributed by atoms with Crippen LogP contribution >= 0.6 is 0 Å². The fourth-order valence-electron chi connectivity index (χ4n) is 1.48. The zero-order valence-corrected chi connectivity index (χ0v) is 9.87. The number of carbonyl (C=O) groups is 1. The van der Waals surface area contributed by atoms with Crippen LogP contribution in [0.4, 0.5) is 0 Å². The average Bonchev–Trinajstić information content (AvgIpc) is 2.75. The summed E-state index contributed by atoms with van der Waals surface area (Å²) in [5.74, 6) is 0.240. The molecule has 0 aliphatic heterocycles. The van der Waals surface area contributed by atoms with Crippen LogP contribution in [0.15, 0.2) is 24.7 Å². The Kier molecular flexibility index (Phi) is 3.52. The lowest BCUT2D eigenvalue weighted by Gasteiger charge is -2.05. The van der Waals surface area contributed by atoms with E-state index in [9.17, 15) is 9.90 Å². The number of hydrogen-bond acceptors (Lipinski definition) is 5. The number of nitrogens with zero attached hydrogens (tertiary/aromatic N) is 4. The molecule has 18 heavy (non-hydrogen) atoms. The summed E-state index contributed by atoms with van der Waals surface area (Å²) < 4.78 is 1.78. The zero-order valence-electron chi connectivity index (χ0n) is 9.87. The van der Waals surface area contributed by atoms with Gasteiger partial charge in [-0.25, -0.2) is 4.98 Å². The molecule has 94 valence electrons. The molecule has 0 aromatic carbocycles. The summed E-state index contributed by atoms with van der Waals surface area (Å²) in [6, 6.07) is 2.98. The minimum Gasteiger partial charge on any atom is -0.505 e. The van der Waals surface area contributed by atoms with Crippen molar-refractivity contribution in [2.75, 3.05) is 6.54 Å². The third-order valence-corrected chi connectivity index (χ3v) is 2.44. The van der Waals surface area contributed by atoms with Gasteiger partial charge >= 0.3 is 0 Å². The van der Waals surface area contributed by atoms with E-state index in [1.54, 1.807) is 17.0 Å². The molecule has 0 saturated heterocycles. The lowest BCUT2D eigenvalue weighted by molar-refractivity contribution is 0.0946. The number of hydrogen-bond donors (Lipinski definition) is 2. The third-order valence-electron chi connectivity index (χ3n) is 2.44. The van der Waals surface area contributed by atoms with Crippen LogP contribution in [-0.4, -0.2) is 37.3 Å². The van der Waals surface area contributed by atoms with Crippen molar-refractivity contribution in [1.82, 2.24) is 25.1 Å². The normalized spacial score (nSPS) is 10.3. The van der Waals surface area contributed by atoms with E-state index in [0.717, 1.165) is 5.82 Å². The first kappa shape index (κ1) is 12.0. The molecule has 0 aliphatic rings. The van der Waals surface area contributed by atoms with Crippen LogP contribution in [0.1, 0.15) is 16.3 Å². The Morgan fingerprint density at radius 3 is 3.06 bits per heavy atom. The van der Waals surface area contributed by atoms with Crippen LogP contribution in [0.3, 0.4) is 0 Å². The molecule has 0 radical (unpaired) electrons. The Hall–Kier alpha value is -2.44. The van der Waals surface area contributed by atoms with E-state index in [2.05, 4.69) is 20.5 Å². The van der Waals surface area contributed by atoms with Gasteiger partial charge < -0.3 is 15.0 Å². The molecule has 7 nitrogen and oxygen atoms in total. The van der Waals surface area contributed by atoms with Crippen molar-refractivity contribution >= 4 is 5.91 Å². The Morgan fingerprint density at radius 1 is 1.56 bits per heavy atom. The van der Waals surface area contributed by atoms with Crippen molar-refractivity contribution in [3.8, 4) is 5.75 Å². The molecule has 0 spiro atoms. The van der Waals surface area contributed by atoms with Crippen LogP contribution in [0.5, 0.6) is 5.75 Å². The highest BCUT2D eigenvalue weighted by Gasteiger charge is 2.11. The molecular weight excluding hydrogens is 234 g/mol. The lowest BCUT2D eigenvalue weighted by Crippen LogP contribution is -2.27. The Bertz CT molecular complexity index is 552. The van der Waals surface area contributed by atoms with Gasteiger partial charge in [-0.1, -0.05) is 0 Å². The maximum atomic E-state index is 11.7. The summed E-state index contributed by atoms with van der Waals surface area (Å²) in [4.78, 5) is 15.5. The lowest BCUT2D eigenvalue weighted by atomic mass is 10.3. The second-order valence-electron chi connectivity index (χ2n) is 3.74. The minimum atomic E-state index is -0.407. The fraction of sp³-hybridized carbons (Fsp3) is 0.273. The summed E-state index contributed by atoms with van der Waals surface area (Å²) in [5, 5.41) is 19.8. The maximum absolute atomic E-state index is 11.7. The second kappa shape index (κ2) is 5.26. The van der Waals surface area contributed by atoms with Gasteiger partial charge in [0, 0.05) is 26.2 Å². The van der Waals surface area contributed by atoms with Crippen LogP contribution in [-0.2, 0) is 13.5 Å². The highest BCUT2D eigenvalue weighted by molar-refractivity contribution is 5.94. The van der Waals surface area contributed by atoms with Crippen molar-refractivity contribution in [3.05, 3.63) is 36.2 Å². The van der Waals surface area contributed by atoms with E-state index >= 15 is 0 Å². The van der Waals surface area contributed by atoms with Crippen LogP contribution < -0.4 is 5.32 Å². The SMILES string of the molecule is Cn1cnnc1CCNC(=O)c1ncccc1O. The van der Waals surface area contributed by atoms with E-state index in [4.69, 9.17) is 0 Å². The zero-order chi connectivity index (χ0) is 13.0. The largest absolute Gasteiger partial charge is 0.505 e. The van der Waals surface area contributed by atoms with Crippen molar-refractivity contribution < 1.29 is 9.90 Å². The van der Waals surface area contributed by atoms with Gasteiger partial charge in [0.05, 0.1) is 0 Å². The summed E-state index contributed by atoms with van der Waals surface area (Å²) in [5.41, 5.74) is 0.0236. The third kappa shape index (κ3) is 2.62. The molecular formula is C11H13N5O2. The molecule has 2 heterocycles. The maximum Gasteiger partial charge on any atom is 0.273 e. The predicted octanol–water partition coefficient (Wildman–Crippen LogP) is -0.112. The van der Waals surface area contributed by atoms with Crippen LogP contribution in [0, 0.1) is 0 Å². The number of carbonyl (C=O) groups excluding carboxylic acids is 1. The Balaban J connectivity index is 1.90. The molecule has 0 bridgehead atoms. The van der Waals surface area contributed by atoms with Gasteiger partial charge in [-0.05, 0) is 12.1 Å². The van der Waals surface area contributed by atoms with Crippen molar-refractivity contribution in [2.45, 2.75) is 6.42 Å². The van der Waals surface area contributed by atoms with E-state index in [1.165, 1.54) is 12.3 Å². The van der Waals surface area contributed by atoms with Gasteiger partial charge in [0.1, 0.15) is 17.9 Å². The molecule has 0 aliphatic carbocycles. The topological polar surface area (TPSA) is 92.9 Å². The van der Waals surface area contributed by atoms with Crippen LogP contribution in [0.2, 0.25) is 0 Å². The molecule has 2 rings (SSSR count). The summed E-state index contributed by atoms with van der Waals surface area (Å²) in [6.45, 7) is 0.404. The Morgan fingerprint density at radius 2 is 2.39 bits per heavy atom. The molecule has 0 saturated carbocycles. The van der Waals surface area contributed by atoms with E-state index in [0.29, 0.717) is 13.0 Å². The molecule has 7 heteroatoms. The number of amides is 1. The number of nitrogens with one attached hydrogen (secondary N) is 1. The first-order chi connectivity index (χ1) is 8.68. The molecule has 0 fully saturated rings. The van der Waals surface area contributed by atoms with Gasteiger partial charge in [-0.15, -0.1) is 10.2 Å². The quantitative estimate of drug-likeness (QED) is 0.786. The van der Waals surface area contributed by atoms with Crippen molar-refractivity contribution in [1.29, 1.82) is 0 Å². The molecule has 2 N–H and O–H groups in total. The first-order valence-electron chi connectivity index (χ1n) is 5.43. The molecule has 0 atom stereocenters. The van der Waals surface area contributed by atoms with Gasteiger partial charge in [-0.3, -0.25) is 4.79 Å². The number of aryl methyl sites for hydroxylation is 1. The number of pyridine rings is 1. The summed E-state index contributed by atoms with van der Waals surface area (Å²) in [7, 11) is 1.84. The van der Waals surface area contributed by atoms with Crippen molar-refractivity contribution in [2.24, 2.45) is 7.05 Å². The molecule has 2 aromatic rings. The van der Waals surface area contributed by atoms with E-state index in [-0.39, 0.29) is 11.4 Å². The van der Waals surface area contributed by atoms with E-state index < -0.39 is 5.91 Å². The predicted molar refractivity (Wildman–Crippen MR) is 62.9 cm³/mol. The second-order valence-corrected chi connectivity index (χ2v) is 3.74. The summed E-state index contributed by atoms with van der Waals surface area (Å²) in [6.07, 6.45) is 3.62. The molecule has 1 amide bonds. The molecule has 0 unspecified atom stereocenters. The van der Waals surface area contributed by atoms with Crippen LogP contribution in [0.25, 0.3) is 0 Å². The number of rotatable bonds is 4. The van der Waals surface area contributed by atoms with E-state index in [1.807, 2.05) is 7.05 Å². The van der Waals surface area contributed by atoms with Gasteiger partial charge in [0.2, 0.25) is 0 Å². The van der Waals surface area contributed by atoms with Crippen molar-refractivity contribution in [3.63, 3.8) is 0 Å². The average molecular weight is 247 g/mol. The monoisotopic (exact) mass is 247 g/mol. The first-order valence-corrected chi connectivity index (χ1v) is 5.43. The number of aromatic nitrogens is 4. The highest BCUT2D eigenvalue weighted by atomic mass is 16.3.